The second-order valence-corrected chi connectivity index (χ2v) is 6.44. The summed E-state index contributed by atoms with van der Waals surface area (Å²) in [5, 5.41) is 3.14. The Balaban J connectivity index is 1.69. The fraction of sp³-hybridized carbons (Fsp3) is 0.0500. The van der Waals surface area contributed by atoms with E-state index in [0.717, 1.165) is 21.2 Å². The molecule has 0 unspecified atom stereocenters. The van der Waals surface area contributed by atoms with Crippen LogP contribution in [0.15, 0.2) is 71.2 Å². The molecule has 3 rings (SSSR count). The van der Waals surface area contributed by atoms with Crippen molar-refractivity contribution in [3.05, 3.63) is 88.1 Å². The first-order chi connectivity index (χ1) is 12.0. The van der Waals surface area contributed by atoms with Gasteiger partial charge in [0.05, 0.1) is 5.56 Å². The summed E-state index contributed by atoms with van der Waals surface area (Å²) >= 11 is 3.55. The van der Waals surface area contributed by atoms with Crippen molar-refractivity contribution in [1.82, 2.24) is 0 Å². The van der Waals surface area contributed by atoms with Gasteiger partial charge in [-0.05, 0) is 41.0 Å². The van der Waals surface area contributed by atoms with Gasteiger partial charge in [0.2, 0.25) is 0 Å². The van der Waals surface area contributed by atoms with E-state index in [1.165, 1.54) is 12.1 Å². The minimum Gasteiger partial charge on any atom is -0.381 e. The van der Waals surface area contributed by atoms with Crippen molar-refractivity contribution in [2.45, 2.75) is 6.54 Å². The summed E-state index contributed by atoms with van der Waals surface area (Å²) in [7, 11) is 0. The topological polar surface area (TPSA) is 55.1 Å². The van der Waals surface area contributed by atoms with Gasteiger partial charge in [0, 0.05) is 16.7 Å². The van der Waals surface area contributed by atoms with E-state index in [1.54, 1.807) is 6.07 Å². The van der Waals surface area contributed by atoms with Crippen molar-refractivity contribution in [1.29, 1.82) is 0 Å². The fourth-order valence-electron chi connectivity index (χ4n) is 2.53. The number of primary amides is 1. The molecular weight excluding hydrogens is 383 g/mol. The minimum absolute atomic E-state index is 0.108. The summed E-state index contributed by atoms with van der Waals surface area (Å²) in [5.74, 6) is -1.39. The Kier molecular flexibility index (Phi) is 5.14. The van der Waals surface area contributed by atoms with Gasteiger partial charge in [-0.1, -0.05) is 58.4 Å². The van der Waals surface area contributed by atoms with Gasteiger partial charge >= 0.3 is 0 Å². The zero-order valence-corrected chi connectivity index (χ0v) is 14.9. The maximum atomic E-state index is 13.8. The number of nitrogens with two attached hydrogens (primary N) is 1. The maximum Gasteiger partial charge on any atom is 0.251 e. The van der Waals surface area contributed by atoms with E-state index in [0.29, 0.717) is 12.2 Å². The predicted octanol–water partition coefficient (Wildman–Crippen LogP) is 4.97. The van der Waals surface area contributed by atoms with Crippen LogP contribution in [-0.4, -0.2) is 5.91 Å². The van der Waals surface area contributed by atoms with Crippen LogP contribution in [0.25, 0.3) is 11.1 Å². The molecule has 0 aliphatic rings. The van der Waals surface area contributed by atoms with Crippen LogP contribution in [0.5, 0.6) is 0 Å². The zero-order valence-electron chi connectivity index (χ0n) is 13.3. The molecule has 0 aromatic heterocycles. The van der Waals surface area contributed by atoms with Gasteiger partial charge in [-0.15, -0.1) is 0 Å². The summed E-state index contributed by atoms with van der Waals surface area (Å²) in [6.45, 7) is 0.547. The Morgan fingerprint density at radius 1 is 1.04 bits per heavy atom. The molecule has 3 nitrogen and oxygen atoms in total. The highest BCUT2D eigenvalue weighted by molar-refractivity contribution is 9.10. The van der Waals surface area contributed by atoms with Crippen molar-refractivity contribution in [3.8, 4) is 11.1 Å². The lowest BCUT2D eigenvalue weighted by molar-refractivity contribution is 0.0996. The zero-order chi connectivity index (χ0) is 17.8. The number of amides is 1. The molecule has 3 aromatic rings. The number of hydrogen-bond acceptors (Lipinski definition) is 2. The van der Waals surface area contributed by atoms with Gasteiger partial charge in [-0.3, -0.25) is 4.79 Å². The first-order valence-corrected chi connectivity index (χ1v) is 8.51. The Hall–Kier alpha value is -2.66. The Labute approximate surface area is 153 Å². The predicted molar refractivity (Wildman–Crippen MR) is 102 cm³/mol. The van der Waals surface area contributed by atoms with Crippen molar-refractivity contribution in [2.75, 3.05) is 5.32 Å². The molecule has 1 amide bonds. The van der Waals surface area contributed by atoms with E-state index in [-0.39, 0.29) is 5.56 Å². The Morgan fingerprint density at radius 2 is 1.76 bits per heavy atom. The highest BCUT2D eigenvalue weighted by Gasteiger charge is 2.08. The van der Waals surface area contributed by atoms with Gasteiger partial charge in [-0.25, -0.2) is 4.39 Å². The minimum atomic E-state index is -0.772. The second-order valence-electron chi connectivity index (χ2n) is 5.59. The number of rotatable bonds is 5. The lowest BCUT2D eigenvalue weighted by Crippen LogP contribution is -2.13. The molecule has 0 fully saturated rings. The molecule has 0 saturated carbocycles. The number of hydrogen-bond donors (Lipinski definition) is 2. The number of anilines is 1. The third-order valence-electron chi connectivity index (χ3n) is 3.87. The normalized spacial score (nSPS) is 10.5. The van der Waals surface area contributed by atoms with Gasteiger partial charge in [0.25, 0.3) is 5.91 Å². The Morgan fingerprint density at radius 3 is 2.40 bits per heavy atom. The molecule has 5 heteroatoms. The Bertz CT molecular complexity index is 910. The van der Waals surface area contributed by atoms with E-state index in [4.69, 9.17) is 5.73 Å². The van der Waals surface area contributed by atoms with E-state index in [9.17, 15) is 9.18 Å². The monoisotopic (exact) mass is 398 g/mol. The van der Waals surface area contributed by atoms with E-state index < -0.39 is 11.7 Å². The molecule has 3 aromatic carbocycles. The first-order valence-electron chi connectivity index (χ1n) is 7.71. The molecule has 25 heavy (non-hydrogen) atoms. The van der Waals surface area contributed by atoms with Crippen LogP contribution in [0.4, 0.5) is 10.1 Å². The molecule has 0 bridgehead atoms. The van der Waals surface area contributed by atoms with Crippen LogP contribution in [0.1, 0.15) is 15.9 Å². The van der Waals surface area contributed by atoms with Crippen LogP contribution >= 0.6 is 15.9 Å². The summed E-state index contributed by atoms with van der Waals surface area (Å²) < 4.78 is 14.8. The van der Waals surface area contributed by atoms with Crippen molar-refractivity contribution in [3.63, 3.8) is 0 Å². The van der Waals surface area contributed by atoms with Gasteiger partial charge in [-0.2, -0.15) is 0 Å². The quantitative estimate of drug-likeness (QED) is 0.637. The van der Waals surface area contributed by atoms with Crippen LogP contribution < -0.4 is 11.1 Å². The van der Waals surface area contributed by atoms with Crippen molar-refractivity contribution < 1.29 is 9.18 Å². The number of halogens is 2. The molecule has 0 aliphatic heterocycles. The number of benzene rings is 3. The number of carbonyl (C=O) groups excluding carboxylic acids is 1. The number of carbonyl (C=O) groups is 1. The summed E-state index contributed by atoms with van der Waals surface area (Å²) in [4.78, 5) is 11.0. The highest BCUT2D eigenvalue weighted by atomic mass is 79.9. The SMILES string of the molecule is NC(=O)c1ccc(NCc2ccc(-c3ccccc3Br)cc2)cc1F. The van der Waals surface area contributed by atoms with Crippen LogP contribution in [0.2, 0.25) is 0 Å². The summed E-state index contributed by atoms with van der Waals surface area (Å²) in [5.41, 5.74) is 8.90. The molecule has 3 N–H and O–H groups in total. The summed E-state index contributed by atoms with van der Waals surface area (Å²) in [6.07, 6.45) is 0. The average molecular weight is 399 g/mol. The van der Waals surface area contributed by atoms with Crippen LogP contribution in [0.3, 0.4) is 0 Å². The third-order valence-corrected chi connectivity index (χ3v) is 4.56. The van der Waals surface area contributed by atoms with E-state index in [1.807, 2.05) is 42.5 Å². The second kappa shape index (κ2) is 7.49. The lowest BCUT2D eigenvalue weighted by atomic mass is 10.0. The third kappa shape index (κ3) is 4.06. The van der Waals surface area contributed by atoms with Gasteiger partial charge in [0.1, 0.15) is 5.82 Å². The number of nitrogens with one attached hydrogen (secondary N) is 1. The highest BCUT2D eigenvalue weighted by Crippen LogP contribution is 2.28. The lowest BCUT2D eigenvalue weighted by Gasteiger charge is -2.09. The summed E-state index contributed by atoms with van der Waals surface area (Å²) in [6, 6.07) is 20.5. The largest absolute Gasteiger partial charge is 0.381 e. The standard InChI is InChI=1S/C20H16BrFN2O/c21-18-4-2-1-3-16(18)14-7-5-13(6-8-14)12-24-15-9-10-17(20(23)25)19(22)11-15/h1-11,24H,12H2,(H2,23,25). The van der Waals surface area contributed by atoms with Gasteiger partial charge in [0.15, 0.2) is 0 Å². The van der Waals surface area contributed by atoms with Crippen molar-refractivity contribution >= 4 is 27.5 Å². The maximum absolute atomic E-state index is 13.8. The molecular formula is C20H16BrFN2O. The van der Waals surface area contributed by atoms with Gasteiger partial charge < -0.3 is 11.1 Å². The first kappa shape index (κ1) is 17.2. The molecule has 0 saturated heterocycles. The average Bonchev–Trinajstić information content (AvgIpc) is 2.61. The molecule has 126 valence electrons. The fourth-order valence-corrected chi connectivity index (χ4v) is 3.04. The smallest absolute Gasteiger partial charge is 0.251 e. The molecule has 0 spiro atoms. The van der Waals surface area contributed by atoms with E-state index >= 15 is 0 Å². The molecule has 0 heterocycles. The van der Waals surface area contributed by atoms with Crippen LogP contribution in [-0.2, 0) is 6.54 Å². The molecule has 0 radical (unpaired) electrons. The van der Waals surface area contributed by atoms with Crippen LogP contribution in [0, 0.1) is 5.82 Å². The molecule has 0 atom stereocenters. The van der Waals surface area contributed by atoms with E-state index in [2.05, 4.69) is 27.3 Å². The van der Waals surface area contributed by atoms with Crippen molar-refractivity contribution in [2.24, 2.45) is 5.73 Å². The molecule has 0 aliphatic carbocycles.